The molecule has 10 rings (SSSR count). The Morgan fingerprint density at radius 3 is 2.25 bits per heavy atom. The number of halogens is 1. The molecule has 6 aromatic rings. The van der Waals surface area contributed by atoms with E-state index in [1.54, 1.807) is 41.7 Å². The summed E-state index contributed by atoms with van der Waals surface area (Å²) in [5.74, 6) is -0.554. The number of imidazole rings is 1. The molecule has 4 aliphatic rings. The lowest BCUT2D eigenvalue weighted by molar-refractivity contribution is -0.135. The number of hydrogen-bond donors (Lipinski definition) is 2. The summed E-state index contributed by atoms with van der Waals surface area (Å²) in [6.07, 6.45) is 7.52. The Bertz CT molecular complexity index is 3050. The molecule has 0 bridgehead atoms. The topological polar surface area (TPSA) is 155 Å². The van der Waals surface area contributed by atoms with Crippen molar-refractivity contribution in [2.24, 2.45) is 20.0 Å². The van der Waals surface area contributed by atoms with Crippen molar-refractivity contribution < 1.29 is 18.8 Å². The van der Waals surface area contributed by atoms with Crippen molar-refractivity contribution in [1.82, 2.24) is 48.2 Å². The minimum atomic E-state index is -0.701. The van der Waals surface area contributed by atoms with Crippen molar-refractivity contribution in [3.8, 4) is 5.69 Å². The van der Waals surface area contributed by atoms with Gasteiger partial charge in [0.1, 0.15) is 17.5 Å². The summed E-state index contributed by atoms with van der Waals surface area (Å²) in [5.41, 5.74) is 7.64. The number of benzene rings is 2. The number of carbonyl (C=O) groups excluding carboxylic acids is 3. The first-order valence-electron chi connectivity index (χ1n) is 24.5. The number of fused-ring (bicyclic) bond motifs is 2. The second kappa shape index (κ2) is 19.2. The molecular weight excluding hydrogens is 878 g/mol. The van der Waals surface area contributed by atoms with E-state index in [0.717, 1.165) is 128 Å². The SMILES string of the molecule is CNc1ccn(-c2ccnc3c2cc(CN2CCC(c4c(C)cc(C(=O)N5CCC(CN6CCN(Cc7ccc8c(c7)n(C)c(=O)n8[C@@H]7CCC(=O)NC7=O)CC6)CC5)cc4F)CC2)n3C)c(=O)c1. The van der Waals surface area contributed by atoms with Crippen LogP contribution in [0.4, 0.5) is 10.1 Å². The lowest BCUT2D eigenvalue weighted by Crippen LogP contribution is -2.48. The molecule has 4 fully saturated rings. The van der Waals surface area contributed by atoms with Gasteiger partial charge in [-0.25, -0.2) is 14.2 Å². The maximum Gasteiger partial charge on any atom is 0.329 e. The van der Waals surface area contributed by atoms with Gasteiger partial charge < -0.3 is 19.7 Å². The van der Waals surface area contributed by atoms with Crippen LogP contribution in [0.2, 0.25) is 0 Å². The number of pyridine rings is 2. The highest BCUT2D eigenvalue weighted by atomic mass is 19.1. The van der Waals surface area contributed by atoms with E-state index in [-0.39, 0.29) is 41.2 Å². The summed E-state index contributed by atoms with van der Waals surface area (Å²) in [6, 6.07) is 16.1. The zero-order valence-electron chi connectivity index (χ0n) is 40.0. The molecule has 0 saturated carbocycles. The molecule has 17 heteroatoms. The van der Waals surface area contributed by atoms with Crippen LogP contribution in [0.5, 0.6) is 0 Å². The fourth-order valence-corrected chi connectivity index (χ4v) is 11.4. The lowest BCUT2D eigenvalue weighted by atomic mass is 9.85. The molecular formula is C52H62FN11O5. The van der Waals surface area contributed by atoms with Crippen LogP contribution in [0.3, 0.4) is 0 Å². The van der Waals surface area contributed by atoms with Gasteiger partial charge in [0, 0.05) is 127 Å². The number of nitrogens with zero attached hydrogens (tertiary/aromatic N) is 9. The number of imide groups is 1. The van der Waals surface area contributed by atoms with Crippen LogP contribution in [-0.4, -0.2) is 127 Å². The quantitative estimate of drug-likeness (QED) is 0.172. The molecule has 2 N–H and O–H groups in total. The van der Waals surface area contributed by atoms with E-state index in [2.05, 4.69) is 41.0 Å². The zero-order chi connectivity index (χ0) is 48.1. The summed E-state index contributed by atoms with van der Waals surface area (Å²) in [4.78, 5) is 78.2. The van der Waals surface area contributed by atoms with E-state index in [4.69, 9.17) is 0 Å². The van der Waals surface area contributed by atoms with Gasteiger partial charge >= 0.3 is 5.69 Å². The molecule has 362 valence electrons. The van der Waals surface area contributed by atoms with E-state index in [1.165, 1.54) is 10.6 Å². The number of piperidine rings is 3. The van der Waals surface area contributed by atoms with Gasteiger partial charge in [-0.15, -0.1) is 0 Å². The first-order chi connectivity index (χ1) is 33.3. The number of amides is 3. The number of carbonyl (C=O) groups is 3. The molecule has 0 aliphatic carbocycles. The summed E-state index contributed by atoms with van der Waals surface area (Å²) < 4.78 is 22.9. The number of aromatic nitrogens is 5. The number of likely N-dealkylation sites (tertiary alicyclic amines) is 2. The number of rotatable bonds is 11. The molecule has 4 saturated heterocycles. The van der Waals surface area contributed by atoms with Crippen molar-refractivity contribution in [3.05, 3.63) is 122 Å². The molecule has 0 unspecified atom stereocenters. The fraction of sp³-hybridized carbons (Fsp3) is 0.462. The zero-order valence-corrected chi connectivity index (χ0v) is 40.0. The van der Waals surface area contributed by atoms with E-state index in [1.807, 2.05) is 55.3 Å². The second-order valence-electron chi connectivity index (χ2n) is 19.7. The summed E-state index contributed by atoms with van der Waals surface area (Å²) >= 11 is 0. The second-order valence-corrected chi connectivity index (χ2v) is 19.7. The number of anilines is 1. The van der Waals surface area contributed by atoms with Crippen LogP contribution in [0, 0.1) is 18.7 Å². The molecule has 0 radical (unpaired) electrons. The Kier molecular flexibility index (Phi) is 12.9. The molecule has 4 aliphatic heterocycles. The Morgan fingerprint density at radius 2 is 1.54 bits per heavy atom. The van der Waals surface area contributed by atoms with E-state index < -0.39 is 11.9 Å². The van der Waals surface area contributed by atoms with Crippen LogP contribution in [-0.2, 0) is 36.8 Å². The monoisotopic (exact) mass is 939 g/mol. The van der Waals surface area contributed by atoms with Crippen LogP contribution in [0.15, 0.2) is 76.6 Å². The third-order valence-electron chi connectivity index (χ3n) is 15.4. The summed E-state index contributed by atoms with van der Waals surface area (Å²) in [5, 5.41) is 6.30. The third-order valence-corrected chi connectivity index (χ3v) is 15.4. The molecule has 69 heavy (non-hydrogen) atoms. The Morgan fingerprint density at radius 1 is 0.797 bits per heavy atom. The maximum atomic E-state index is 16.1. The molecule has 3 amide bonds. The molecule has 2 aromatic carbocycles. The minimum Gasteiger partial charge on any atom is -0.388 e. The average molecular weight is 940 g/mol. The largest absolute Gasteiger partial charge is 0.388 e. The summed E-state index contributed by atoms with van der Waals surface area (Å²) in [7, 11) is 5.52. The Balaban J connectivity index is 0.689. The number of nitrogens with one attached hydrogen (secondary N) is 2. The minimum absolute atomic E-state index is 0.0733. The van der Waals surface area contributed by atoms with E-state index in [9.17, 15) is 24.0 Å². The predicted molar refractivity (Wildman–Crippen MR) is 263 cm³/mol. The highest BCUT2D eigenvalue weighted by Gasteiger charge is 2.33. The van der Waals surface area contributed by atoms with E-state index >= 15 is 4.39 Å². The van der Waals surface area contributed by atoms with Gasteiger partial charge in [-0.3, -0.25) is 48.0 Å². The van der Waals surface area contributed by atoms with Crippen molar-refractivity contribution in [2.45, 2.75) is 70.5 Å². The van der Waals surface area contributed by atoms with Gasteiger partial charge in [-0.1, -0.05) is 6.07 Å². The van der Waals surface area contributed by atoms with Gasteiger partial charge in [0.25, 0.3) is 11.5 Å². The predicted octanol–water partition coefficient (Wildman–Crippen LogP) is 4.89. The molecule has 16 nitrogen and oxygen atoms in total. The Labute approximate surface area is 400 Å². The van der Waals surface area contributed by atoms with Crippen molar-refractivity contribution in [2.75, 3.05) is 71.3 Å². The van der Waals surface area contributed by atoms with Gasteiger partial charge in [0.15, 0.2) is 0 Å². The van der Waals surface area contributed by atoms with Crippen LogP contribution in [0.1, 0.15) is 83.2 Å². The van der Waals surface area contributed by atoms with E-state index in [0.29, 0.717) is 43.1 Å². The number of hydrogen-bond acceptors (Lipinski definition) is 10. The van der Waals surface area contributed by atoms with Gasteiger partial charge in [0.2, 0.25) is 11.8 Å². The first kappa shape index (κ1) is 46.3. The van der Waals surface area contributed by atoms with Crippen LogP contribution in [0.25, 0.3) is 27.8 Å². The van der Waals surface area contributed by atoms with Gasteiger partial charge in [-0.05, 0) is 123 Å². The molecule has 1 atom stereocenters. The van der Waals surface area contributed by atoms with Crippen LogP contribution >= 0.6 is 0 Å². The Hall–Kier alpha value is -6.43. The first-order valence-corrected chi connectivity index (χ1v) is 24.5. The highest BCUT2D eigenvalue weighted by Crippen LogP contribution is 2.35. The van der Waals surface area contributed by atoms with Crippen molar-refractivity contribution >= 4 is 45.5 Å². The highest BCUT2D eigenvalue weighted by molar-refractivity contribution is 6.00. The smallest absolute Gasteiger partial charge is 0.329 e. The maximum absolute atomic E-state index is 16.1. The van der Waals surface area contributed by atoms with Gasteiger partial charge in [0.05, 0.1) is 16.7 Å². The summed E-state index contributed by atoms with van der Waals surface area (Å²) in [6.45, 7) is 11.1. The molecule has 0 spiro atoms. The fourth-order valence-electron chi connectivity index (χ4n) is 11.4. The third kappa shape index (κ3) is 9.14. The van der Waals surface area contributed by atoms with Crippen molar-refractivity contribution in [3.63, 3.8) is 0 Å². The van der Waals surface area contributed by atoms with Crippen molar-refractivity contribution in [1.29, 1.82) is 0 Å². The molecule has 4 aromatic heterocycles. The van der Waals surface area contributed by atoms with Gasteiger partial charge in [-0.2, -0.15) is 0 Å². The lowest BCUT2D eigenvalue weighted by Gasteiger charge is -2.39. The number of piperazine rings is 1. The molecule has 8 heterocycles. The normalized spacial score (nSPS) is 19.5. The number of aryl methyl sites for hydroxylation is 3. The average Bonchev–Trinajstić information content (AvgIpc) is 3.79. The van der Waals surface area contributed by atoms with Crippen LogP contribution < -0.4 is 21.9 Å². The standard InChI is InChI=1S/C52H62FN11O5/c1-33-25-37(27-41(53)48(33)36-12-16-59(17-13-36)32-39-29-40-42(9-15-55-49(40)57(39)3)63-20-14-38(54-2)28-47(63)66)51(68)62-18-10-34(11-19-62)30-60-21-23-61(24-22-60)31-35-5-6-43-45(26-35)58(4)52(69)64(43)44-7-8-46(65)56-50(44)67/h5-6,9,14-15,20,25-29,34,36,44,54H,7-8,10-13,16-19,21-24,30-32H2,1-4H3,(H,56,65,67)/t44-/m1/s1.